The molecule has 19 heavy (non-hydrogen) atoms. The first-order chi connectivity index (χ1) is 8.86. The Hall–Kier alpha value is -0.0800. The van der Waals surface area contributed by atoms with E-state index in [0.717, 1.165) is 57.8 Å². The minimum atomic E-state index is 0. The Morgan fingerprint density at radius 1 is 1.16 bits per heavy atom. The number of rotatable bonds is 10. The minimum absolute atomic E-state index is 0. The normalized spacial score (nSPS) is 14.9. The lowest BCUT2D eigenvalue weighted by atomic mass is 10.4. The first-order valence-electron chi connectivity index (χ1n) is 6.96. The van der Waals surface area contributed by atoms with Crippen LogP contribution in [0, 0.1) is 5.92 Å². The van der Waals surface area contributed by atoms with Crippen LogP contribution in [0.4, 0.5) is 0 Å². The maximum absolute atomic E-state index is 5.54. The lowest BCUT2D eigenvalue weighted by molar-refractivity contribution is 0.129. The van der Waals surface area contributed by atoms with Gasteiger partial charge in [0, 0.05) is 40.0 Å². The summed E-state index contributed by atoms with van der Waals surface area (Å²) in [4.78, 5) is 4.15. The summed E-state index contributed by atoms with van der Waals surface area (Å²) in [7, 11) is 1.78. The van der Waals surface area contributed by atoms with Gasteiger partial charge in [-0.25, -0.2) is 0 Å². The van der Waals surface area contributed by atoms with Gasteiger partial charge in [0.15, 0.2) is 5.96 Å². The Balaban J connectivity index is 0.00000324. The van der Waals surface area contributed by atoms with E-state index in [1.165, 1.54) is 12.8 Å². The van der Waals surface area contributed by atoms with E-state index in [1.807, 2.05) is 6.92 Å². The summed E-state index contributed by atoms with van der Waals surface area (Å²) in [6.45, 7) is 6.94. The lowest BCUT2D eigenvalue weighted by Gasteiger charge is -2.11. The Morgan fingerprint density at radius 2 is 1.89 bits per heavy atom. The molecule has 2 N–H and O–H groups in total. The number of guanidine groups is 1. The summed E-state index contributed by atoms with van der Waals surface area (Å²) in [6.07, 6.45) is 3.68. The zero-order valence-electron chi connectivity index (χ0n) is 12.1. The van der Waals surface area contributed by atoms with Gasteiger partial charge in [-0.2, -0.15) is 0 Å². The zero-order chi connectivity index (χ0) is 13.1. The van der Waals surface area contributed by atoms with Gasteiger partial charge >= 0.3 is 0 Å². The van der Waals surface area contributed by atoms with Crippen molar-refractivity contribution >= 4 is 29.9 Å². The van der Waals surface area contributed by atoms with Gasteiger partial charge in [-0.05, 0) is 32.1 Å². The molecule has 1 rings (SSSR count). The predicted molar refractivity (Wildman–Crippen MR) is 89.4 cm³/mol. The molecule has 0 saturated heterocycles. The molecule has 5 nitrogen and oxygen atoms in total. The molecule has 114 valence electrons. The van der Waals surface area contributed by atoms with E-state index >= 15 is 0 Å². The number of ether oxygens (including phenoxy) is 2. The maximum atomic E-state index is 5.54. The Kier molecular flexibility index (Phi) is 12.9. The van der Waals surface area contributed by atoms with Crippen molar-refractivity contribution in [2.45, 2.75) is 26.2 Å². The summed E-state index contributed by atoms with van der Waals surface area (Å²) >= 11 is 0. The number of halogens is 1. The summed E-state index contributed by atoms with van der Waals surface area (Å²) < 4.78 is 10.8. The van der Waals surface area contributed by atoms with Crippen LogP contribution in [0.15, 0.2) is 4.99 Å². The van der Waals surface area contributed by atoms with Crippen molar-refractivity contribution < 1.29 is 9.47 Å². The quantitative estimate of drug-likeness (QED) is 0.260. The van der Waals surface area contributed by atoms with Crippen LogP contribution >= 0.6 is 24.0 Å². The van der Waals surface area contributed by atoms with Gasteiger partial charge in [0.1, 0.15) is 0 Å². The first-order valence-corrected chi connectivity index (χ1v) is 6.96. The Morgan fingerprint density at radius 3 is 2.53 bits per heavy atom. The molecule has 0 spiro atoms. The number of nitrogens with one attached hydrogen (secondary N) is 2. The third kappa shape index (κ3) is 11.4. The summed E-state index contributed by atoms with van der Waals surface area (Å²) in [5.74, 6) is 1.67. The molecule has 1 aliphatic carbocycles. The average molecular weight is 385 g/mol. The van der Waals surface area contributed by atoms with Crippen LogP contribution in [-0.2, 0) is 9.47 Å². The van der Waals surface area contributed by atoms with Gasteiger partial charge in [0.25, 0.3) is 0 Å². The van der Waals surface area contributed by atoms with Crippen LogP contribution in [-0.4, -0.2) is 52.5 Å². The lowest BCUT2D eigenvalue weighted by Crippen LogP contribution is -2.39. The smallest absolute Gasteiger partial charge is 0.191 e. The topological polar surface area (TPSA) is 54.9 Å². The fourth-order valence-electron chi connectivity index (χ4n) is 1.52. The maximum Gasteiger partial charge on any atom is 0.191 e. The van der Waals surface area contributed by atoms with Crippen LogP contribution in [0.25, 0.3) is 0 Å². The van der Waals surface area contributed by atoms with Crippen molar-refractivity contribution in [2.75, 3.05) is 46.6 Å². The van der Waals surface area contributed by atoms with Gasteiger partial charge in [0.2, 0.25) is 0 Å². The highest BCUT2D eigenvalue weighted by Gasteiger charge is 2.20. The molecular weight excluding hydrogens is 357 g/mol. The standard InChI is InChI=1S/C13H27N3O2.HI/c1-3-17-9-4-7-15-13(14-2)16-8-10-18-11-12-5-6-12;/h12H,3-11H2,1-2H3,(H2,14,15,16);1H. The van der Waals surface area contributed by atoms with E-state index < -0.39 is 0 Å². The predicted octanol–water partition coefficient (Wildman–Crippen LogP) is 1.62. The van der Waals surface area contributed by atoms with Gasteiger partial charge in [-0.1, -0.05) is 0 Å². The van der Waals surface area contributed by atoms with Crippen molar-refractivity contribution in [1.29, 1.82) is 0 Å². The van der Waals surface area contributed by atoms with Crippen molar-refractivity contribution in [3.05, 3.63) is 0 Å². The van der Waals surface area contributed by atoms with Gasteiger partial charge in [-0.3, -0.25) is 4.99 Å². The van der Waals surface area contributed by atoms with E-state index in [2.05, 4.69) is 15.6 Å². The molecule has 0 aromatic rings. The van der Waals surface area contributed by atoms with E-state index in [4.69, 9.17) is 9.47 Å². The fourth-order valence-corrected chi connectivity index (χ4v) is 1.52. The van der Waals surface area contributed by atoms with Gasteiger partial charge in [0.05, 0.1) is 6.61 Å². The van der Waals surface area contributed by atoms with Crippen LogP contribution in [0.2, 0.25) is 0 Å². The molecule has 0 bridgehead atoms. The van der Waals surface area contributed by atoms with Crippen LogP contribution in [0.5, 0.6) is 0 Å². The van der Waals surface area contributed by atoms with E-state index in [0.29, 0.717) is 0 Å². The highest BCUT2D eigenvalue weighted by Crippen LogP contribution is 2.28. The molecular formula is C13H28IN3O2. The summed E-state index contributed by atoms with van der Waals surface area (Å²) in [5.41, 5.74) is 0. The summed E-state index contributed by atoms with van der Waals surface area (Å²) in [6, 6.07) is 0. The van der Waals surface area contributed by atoms with Crippen LogP contribution in [0.3, 0.4) is 0 Å². The highest BCUT2D eigenvalue weighted by molar-refractivity contribution is 14.0. The van der Waals surface area contributed by atoms with Gasteiger partial charge < -0.3 is 20.1 Å². The third-order valence-electron chi connectivity index (χ3n) is 2.77. The van der Waals surface area contributed by atoms with Crippen molar-refractivity contribution in [3.8, 4) is 0 Å². The monoisotopic (exact) mass is 385 g/mol. The molecule has 0 aromatic heterocycles. The Labute approximate surface area is 133 Å². The molecule has 0 aliphatic heterocycles. The largest absolute Gasteiger partial charge is 0.382 e. The fraction of sp³-hybridized carbons (Fsp3) is 0.923. The number of hydrogen-bond acceptors (Lipinski definition) is 3. The molecule has 1 saturated carbocycles. The molecule has 0 atom stereocenters. The summed E-state index contributed by atoms with van der Waals surface area (Å²) in [5, 5.41) is 6.47. The van der Waals surface area contributed by atoms with Crippen molar-refractivity contribution in [1.82, 2.24) is 10.6 Å². The molecule has 1 aliphatic rings. The molecule has 6 heteroatoms. The van der Waals surface area contributed by atoms with E-state index in [-0.39, 0.29) is 24.0 Å². The number of aliphatic imine (C=N–C) groups is 1. The second-order valence-corrected chi connectivity index (χ2v) is 4.49. The average Bonchev–Trinajstić information content (AvgIpc) is 3.19. The van der Waals surface area contributed by atoms with Gasteiger partial charge in [-0.15, -0.1) is 24.0 Å². The zero-order valence-corrected chi connectivity index (χ0v) is 14.4. The number of nitrogens with zero attached hydrogens (tertiary/aromatic N) is 1. The minimum Gasteiger partial charge on any atom is -0.382 e. The molecule has 0 amide bonds. The first kappa shape index (κ1) is 18.9. The molecule has 0 unspecified atom stereocenters. The number of hydrogen-bond donors (Lipinski definition) is 2. The third-order valence-corrected chi connectivity index (χ3v) is 2.77. The van der Waals surface area contributed by atoms with Crippen molar-refractivity contribution in [3.63, 3.8) is 0 Å². The SMILES string of the molecule is CCOCCCNC(=NC)NCCOCC1CC1.I. The van der Waals surface area contributed by atoms with E-state index in [9.17, 15) is 0 Å². The van der Waals surface area contributed by atoms with Crippen LogP contribution < -0.4 is 10.6 Å². The second-order valence-electron chi connectivity index (χ2n) is 4.49. The van der Waals surface area contributed by atoms with Crippen molar-refractivity contribution in [2.24, 2.45) is 10.9 Å². The van der Waals surface area contributed by atoms with Crippen LogP contribution in [0.1, 0.15) is 26.2 Å². The highest BCUT2D eigenvalue weighted by atomic mass is 127. The second kappa shape index (κ2) is 12.9. The molecule has 0 aromatic carbocycles. The molecule has 0 radical (unpaired) electrons. The van der Waals surface area contributed by atoms with E-state index in [1.54, 1.807) is 7.05 Å². The molecule has 0 heterocycles. The molecule has 1 fully saturated rings. The Bertz CT molecular complexity index is 236.